The van der Waals surface area contributed by atoms with Crippen LogP contribution in [0.4, 0.5) is 0 Å². The van der Waals surface area contributed by atoms with Crippen LogP contribution in [0, 0.1) is 26.2 Å². The number of nitrogens with zero attached hydrogens (tertiary/aromatic N) is 2. The zero-order valence-corrected chi connectivity index (χ0v) is 12.5. The summed E-state index contributed by atoms with van der Waals surface area (Å²) in [5.41, 5.74) is 1.01. The monoisotopic (exact) mass is 290 g/mol. The fourth-order valence-corrected chi connectivity index (χ4v) is 3.57. The molecule has 0 saturated heterocycles. The van der Waals surface area contributed by atoms with Gasteiger partial charge in [0.05, 0.1) is 11.1 Å². The number of rotatable bonds is 4. The van der Waals surface area contributed by atoms with Gasteiger partial charge in [-0.3, -0.25) is 9.36 Å². The van der Waals surface area contributed by atoms with E-state index in [9.17, 15) is 4.79 Å². The second-order valence-electron chi connectivity index (χ2n) is 4.06. The normalized spacial score (nSPS) is 10.6. The first-order valence-electron chi connectivity index (χ1n) is 5.77. The summed E-state index contributed by atoms with van der Waals surface area (Å²) in [7, 11) is 0. The molecule has 3 nitrogen and oxygen atoms in total. The lowest BCUT2D eigenvalue weighted by Gasteiger charge is -2.08. The summed E-state index contributed by atoms with van der Waals surface area (Å²) < 4.78 is 1.64. The molecule has 0 saturated carbocycles. The molecule has 0 spiro atoms. The van der Waals surface area contributed by atoms with Crippen molar-refractivity contribution in [1.82, 2.24) is 9.55 Å². The molecular weight excluding hydrogens is 276 g/mol. The van der Waals surface area contributed by atoms with E-state index in [2.05, 4.69) is 17.5 Å². The molecular formula is C14H14N2OS2. The van der Waals surface area contributed by atoms with Crippen molar-refractivity contribution in [1.29, 1.82) is 0 Å². The van der Waals surface area contributed by atoms with Crippen LogP contribution in [0.15, 0.2) is 22.6 Å². The molecule has 0 N–H and O–H groups in total. The summed E-state index contributed by atoms with van der Waals surface area (Å²) in [6.45, 7) is 8.11. The molecule has 0 atom stereocenters. The number of hydrogen-bond acceptors (Lipinski definition) is 4. The van der Waals surface area contributed by atoms with E-state index in [0.29, 0.717) is 17.5 Å². The molecule has 0 radical (unpaired) electrons. The average molecular weight is 290 g/mol. The Morgan fingerprint density at radius 3 is 2.95 bits per heavy atom. The van der Waals surface area contributed by atoms with Crippen LogP contribution in [-0.2, 0) is 6.54 Å². The van der Waals surface area contributed by atoms with Crippen LogP contribution in [0.25, 0.3) is 10.2 Å². The Balaban J connectivity index is 2.74. The lowest BCUT2D eigenvalue weighted by atomic mass is 10.2. The fraction of sp³-hybridized carbons (Fsp3) is 0.286. The maximum absolute atomic E-state index is 12.6. The van der Waals surface area contributed by atoms with Crippen molar-refractivity contribution in [3.8, 4) is 12.3 Å². The number of hydrogen-bond donors (Lipinski definition) is 0. The van der Waals surface area contributed by atoms with Crippen molar-refractivity contribution < 1.29 is 0 Å². The highest BCUT2D eigenvalue weighted by molar-refractivity contribution is 7.99. The maximum Gasteiger partial charge on any atom is 0.263 e. The van der Waals surface area contributed by atoms with E-state index in [-0.39, 0.29) is 5.56 Å². The molecule has 2 aromatic rings. The van der Waals surface area contributed by atoms with Gasteiger partial charge in [-0.2, -0.15) is 0 Å². The Bertz CT molecular complexity index is 734. The third-order valence-corrected chi connectivity index (χ3v) is 4.83. The summed E-state index contributed by atoms with van der Waals surface area (Å²) in [6.07, 6.45) is 6.97. The Hall–Kier alpha value is -1.51. The van der Waals surface area contributed by atoms with Gasteiger partial charge in [0, 0.05) is 11.4 Å². The predicted molar refractivity (Wildman–Crippen MR) is 83.1 cm³/mol. The molecule has 0 bridgehead atoms. The third kappa shape index (κ3) is 2.46. The molecule has 0 amide bonds. The van der Waals surface area contributed by atoms with Crippen molar-refractivity contribution in [2.45, 2.75) is 25.5 Å². The number of fused-ring (bicyclic) bond motifs is 1. The van der Waals surface area contributed by atoms with Crippen LogP contribution in [-0.4, -0.2) is 15.3 Å². The van der Waals surface area contributed by atoms with E-state index in [1.165, 1.54) is 11.8 Å². The molecule has 0 fully saturated rings. The standard InChI is InChI=1S/C14H14N2OS2/c1-5-7-16-13(17)11-9(3)10(4)19-12(11)15-14(16)18-8-6-2/h2,5H,1,7-8H2,3-4H3. The molecule has 2 heterocycles. The van der Waals surface area contributed by atoms with Gasteiger partial charge in [-0.25, -0.2) is 4.98 Å². The lowest BCUT2D eigenvalue weighted by Crippen LogP contribution is -2.22. The predicted octanol–water partition coefficient (Wildman–Crippen LogP) is 2.99. The number of allylic oxidation sites excluding steroid dienone is 1. The number of aryl methyl sites for hydroxylation is 2. The highest BCUT2D eigenvalue weighted by Gasteiger charge is 2.15. The van der Waals surface area contributed by atoms with E-state index in [1.807, 2.05) is 13.8 Å². The topological polar surface area (TPSA) is 34.9 Å². The highest BCUT2D eigenvalue weighted by atomic mass is 32.2. The molecule has 19 heavy (non-hydrogen) atoms. The lowest BCUT2D eigenvalue weighted by molar-refractivity contribution is 0.673. The summed E-state index contributed by atoms with van der Waals surface area (Å²) in [6, 6.07) is 0. The van der Waals surface area contributed by atoms with Gasteiger partial charge in [-0.05, 0) is 19.4 Å². The number of thioether (sulfide) groups is 1. The van der Waals surface area contributed by atoms with Gasteiger partial charge < -0.3 is 0 Å². The van der Waals surface area contributed by atoms with Gasteiger partial charge >= 0.3 is 0 Å². The SMILES string of the molecule is C#CCSc1nc2sc(C)c(C)c2c(=O)n1CC=C. The second-order valence-corrected chi connectivity index (χ2v) is 6.20. The van der Waals surface area contributed by atoms with Crippen LogP contribution in [0.2, 0.25) is 0 Å². The molecule has 0 aliphatic rings. The van der Waals surface area contributed by atoms with Crippen LogP contribution in [0.1, 0.15) is 10.4 Å². The third-order valence-electron chi connectivity index (χ3n) is 2.85. The molecule has 98 valence electrons. The zero-order valence-electron chi connectivity index (χ0n) is 10.9. The molecule has 2 rings (SSSR count). The second kappa shape index (κ2) is 5.64. The zero-order chi connectivity index (χ0) is 14.0. The Morgan fingerprint density at radius 2 is 2.32 bits per heavy atom. The van der Waals surface area contributed by atoms with Crippen LogP contribution in [0.3, 0.4) is 0 Å². The van der Waals surface area contributed by atoms with Gasteiger partial charge in [0.25, 0.3) is 5.56 Å². The molecule has 0 aromatic carbocycles. The largest absolute Gasteiger partial charge is 0.283 e. The first-order chi connectivity index (χ1) is 9.10. The van der Waals surface area contributed by atoms with Crippen molar-refractivity contribution in [2.24, 2.45) is 0 Å². The van der Waals surface area contributed by atoms with E-state index < -0.39 is 0 Å². The van der Waals surface area contributed by atoms with Gasteiger partial charge in [-0.1, -0.05) is 23.8 Å². The molecule has 0 unspecified atom stereocenters. The fourth-order valence-electron chi connectivity index (χ4n) is 1.82. The average Bonchev–Trinajstić information content (AvgIpc) is 2.66. The van der Waals surface area contributed by atoms with Crippen LogP contribution in [0.5, 0.6) is 0 Å². The Kier molecular flexibility index (Phi) is 4.13. The molecule has 0 aliphatic carbocycles. The summed E-state index contributed by atoms with van der Waals surface area (Å²) in [5, 5.41) is 1.38. The smallest absolute Gasteiger partial charge is 0.263 e. The van der Waals surface area contributed by atoms with Gasteiger partial charge in [-0.15, -0.1) is 24.3 Å². The van der Waals surface area contributed by atoms with Crippen LogP contribution >= 0.6 is 23.1 Å². The van der Waals surface area contributed by atoms with E-state index in [1.54, 1.807) is 22.0 Å². The molecule has 5 heteroatoms. The minimum absolute atomic E-state index is 0.00808. The van der Waals surface area contributed by atoms with Crippen molar-refractivity contribution in [3.63, 3.8) is 0 Å². The summed E-state index contributed by atoms with van der Waals surface area (Å²) >= 11 is 2.96. The first kappa shape index (κ1) is 13.9. The summed E-state index contributed by atoms with van der Waals surface area (Å²) in [5.74, 6) is 3.05. The van der Waals surface area contributed by atoms with Gasteiger partial charge in [0.1, 0.15) is 4.83 Å². The number of aromatic nitrogens is 2. The van der Waals surface area contributed by atoms with Crippen molar-refractivity contribution in [2.75, 3.05) is 5.75 Å². The van der Waals surface area contributed by atoms with Crippen molar-refractivity contribution in [3.05, 3.63) is 33.4 Å². The van der Waals surface area contributed by atoms with Crippen molar-refractivity contribution >= 4 is 33.3 Å². The summed E-state index contributed by atoms with van der Waals surface area (Å²) in [4.78, 5) is 19.0. The Labute approximate surface area is 120 Å². The minimum atomic E-state index is -0.00808. The van der Waals surface area contributed by atoms with Crippen LogP contribution < -0.4 is 5.56 Å². The van der Waals surface area contributed by atoms with E-state index in [0.717, 1.165) is 20.7 Å². The first-order valence-corrected chi connectivity index (χ1v) is 7.58. The number of terminal acetylenes is 1. The van der Waals surface area contributed by atoms with E-state index in [4.69, 9.17) is 6.42 Å². The number of thiophene rings is 1. The van der Waals surface area contributed by atoms with Gasteiger partial charge in [0.2, 0.25) is 0 Å². The molecule has 0 aliphatic heterocycles. The minimum Gasteiger partial charge on any atom is -0.283 e. The quantitative estimate of drug-likeness (QED) is 0.376. The van der Waals surface area contributed by atoms with E-state index >= 15 is 0 Å². The Morgan fingerprint density at radius 1 is 1.58 bits per heavy atom. The molecule has 2 aromatic heterocycles. The highest BCUT2D eigenvalue weighted by Crippen LogP contribution is 2.28. The maximum atomic E-state index is 12.6. The van der Waals surface area contributed by atoms with Gasteiger partial charge in [0.15, 0.2) is 5.16 Å².